The second kappa shape index (κ2) is 8.90. The van der Waals surface area contributed by atoms with Crippen molar-refractivity contribution in [3.05, 3.63) is 77.5 Å². The van der Waals surface area contributed by atoms with E-state index in [-0.39, 0.29) is 16.9 Å². The lowest BCUT2D eigenvalue weighted by Crippen LogP contribution is -2.21. The van der Waals surface area contributed by atoms with Crippen LogP contribution in [-0.4, -0.2) is 18.4 Å². The number of rotatable bonds is 6. The minimum Gasteiger partial charge on any atom is -0.483 e. The van der Waals surface area contributed by atoms with Gasteiger partial charge in [-0.15, -0.1) is 0 Å². The van der Waals surface area contributed by atoms with Gasteiger partial charge >= 0.3 is 6.18 Å². The highest BCUT2D eigenvalue weighted by molar-refractivity contribution is 6.05. The van der Waals surface area contributed by atoms with Gasteiger partial charge in [0.15, 0.2) is 6.61 Å². The van der Waals surface area contributed by atoms with E-state index in [1.165, 1.54) is 36.6 Å². The molecule has 0 saturated heterocycles. The molecule has 2 N–H and O–H groups in total. The average Bonchev–Trinajstić information content (AvgIpc) is 3.14. The third-order valence-corrected chi connectivity index (χ3v) is 4.15. The highest BCUT2D eigenvalue weighted by Gasteiger charge is 2.34. The minimum atomic E-state index is -4.63. The number of hydrogen-bond donors (Lipinski definition) is 2. The first kappa shape index (κ1) is 21.9. The SMILES string of the molecule is Cc1occc1C(=O)Nc1cc(NC(=O)COc2ccccc2C(F)(F)F)ccc1F. The second-order valence-electron chi connectivity index (χ2n) is 6.37. The van der Waals surface area contributed by atoms with Gasteiger partial charge in [0, 0.05) is 5.69 Å². The van der Waals surface area contributed by atoms with Crippen LogP contribution in [0, 0.1) is 12.7 Å². The van der Waals surface area contributed by atoms with Crippen molar-refractivity contribution < 1.29 is 36.3 Å². The molecule has 2 amide bonds. The van der Waals surface area contributed by atoms with Crippen LogP contribution in [0.1, 0.15) is 21.7 Å². The number of para-hydroxylation sites is 1. The Morgan fingerprint density at radius 3 is 2.48 bits per heavy atom. The Balaban J connectivity index is 1.65. The molecule has 2 aromatic carbocycles. The van der Waals surface area contributed by atoms with Gasteiger partial charge in [0.25, 0.3) is 11.8 Å². The molecule has 0 saturated carbocycles. The van der Waals surface area contributed by atoms with E-state index >= 15 is 0 Å². The smallest absolute Gasteiger partial charge is 0.419 e. The number of ether oxygens (including phenoxy) is 1. The number of anilines is 2. The van der Waals surface area contributed by atoms with Gasteiger partial charge < -0.3 is 19.8 Å². The van der Waals surface area contributed by atoms with E-state index in [9.17, 15) is 27.2 Å². The van der Waals surface area contributed by atoms with Gasteiger partial charge in [0.1, 0.15) is 17.3 Å². The third kappa shape index (κ3) is 5.41. The van der Waals surface area contributed by atoms with Crippen molar-refractivity contribution in [2.24, 2.45) is 0 Å². The predicted molar refractivity (Wildman–Crippen MR) is 103 cm³/mol. The van der Waals surface area contributed by atoms with Crippen LogP contribution in [0.25, 0.3) is 0 Å². The maximum absolute atomic E-state index is 14.1. The molecule has 1 heterocycles. The highest BCUT2D eigenvalue weighted by Crippen LogP contribution is 2.35. The number of aryl methyl sites for hydroxylation is 1. The van der Waals surface area contributed by atoms with Crippen molar-refractivity contribution in [3.63, 3.8) is 0 Å². The van der Waals surface area contributed by atoms with E-state index < -0.39 is 41.7 Å². The van der Waals surface area contributed by atoms with Crippen LogP contribution in [0.5, 0.6) is 5.75 Å². The van der Waals surface area contributed by atoms with Crippen molar-refractivity contribution in [1.29, 1.82) is 0 Å². The van der Waals surface area contributed by atoms with E-state index in [2.05, 4.69) is 10.6 Å². The molecular weight excluding hydrogens is 420 g/mol. The van der Waals surface area contributed by atoms with Crippen LogP contribution < -0.4 is 15.4 Å². The molecule has 3 aromatic rings. The van der Waals surface area contributed by atoms with Gasteiger partial charge in [-0.1, -0.05) is 12.1 Å². The molecule has 0 radical (unpaired) electrons. The number of furan rings is 1. The van der Waals surface area contributed by atoms with Crippen LogP contribution >= 0.6 is 0 Å². The number of halogens is 4. The lowest BCUT2D eigenvalue weighted by Gasteiger charge is -2.14. The zero-order valence-corrected chi connectivity index (χ0v) is 16.0. The van der Waals surface area contributed by atoms with Gasteiger partial charge in [-0.05, 0) is 43.3 Å². The molecule has 0 atom stereocenters. The fraction of sp³-hybridized carbons (Fsp3) is 0.143. The Morgan fingerprint density at radius 1 is 1.06 bits per heavy atom. The summed E-state index contributed by atoms with van der Waals surface area (Å²) >= 11 is 0. The normalized spacial score (nSPS) is 11.1. The Hall–Kier alpha value is -3.82. The van der Waals surface area contributed by atoms with Gasteiger partial charge in [-0.25, -0.2) is 4.39 Å². The standard InChI is InChI=1S/C21H16F4N2O4/c1-12-14(8-9-30-12)20(29)27-17-10-13(6-7-16(17)22)26-19(28)11-31-18-5-3-2-4-15(18)21(23,24)25/h2-10H,11H2,1H3,(H,26,28)(H,27,29). The molecule has 0 spiro atoms. The van der Waals surface area contributed by atoms with E-state index in [1.54, 1.807) is 6.92 Å². The topological polar surface area (TPSA) is 80.6 Å². The summed E-state index contributed by atoms with van der Waals surface area (Å²) in [5.41, 5.74) is -0.889. The molecule has 0 bridgehead atoms. The number of alkyl halides is 3. The molecule has 0 aliphatic carbocycles. The van der Waals surface area contributed by atoms with Gasteiger partial charge in [0.2, 0.25) is 0 Å². The first-order valence-electron chi connectivity index (χ1n) is 8.89. The monoisotopic (exact) mass is 436 g/mol. The summed E-state index contributed by atoms with van der Waals surface area (Å²) in [4.78, 5) is 24.3. The second-order valence-corrected chi connectivity index (χ2v) is 6.37. The zero-order valence-electron chi connectivity index (χ0n) is 16.0. The molecule has 6 nitrogen and oxygen atoms in total. The van der Waals surface area contributed by atoms with Crippen LogP contribution in [0.4, 0.5) is 28.9 Å². The molecule has 0 fully saturated rings. The molecular formula is C21H16F4N2O4. The number of carbonyl (C=O) groups is 2. The van der Waals surface area contributed by atoms with Crippen molar-refractivity contribution in [2.45, 2.75) is 13.1 Å². The minimum absolute atomic E-state index is 0.110. The Bertz CT molecular complexity index is 1110. The first-order valence-corrected chi connectivity index (χ1v) is 8.89. The number of carbonyl (C=O) groups excluding carboxylic acids is 2. The maximum atomic E-state index is 14.1. The van der Waals surface area contributed by atoms with Gasteiger partial charge in [-0.3, -0.25) is 9.59 Å². The molecule has 10 heteroatoms. The number of amides is 2. The molecule has 1 aromatic heterocycles. The number of nitrogens with one attached hydrogen (secondary N) is 2. The van der Waals surface area contributed by atoms with Crippen molar-refractivity contribution in [1.82, 2.24) is 0 Å². The van der Waals surface area contributed by atoms with Crippen LogP contribution in [0.3, 0.4) is 0 Å². The number of hydrogen-bond acceptors (Lipinski definition) is 4. The fourth-order valence-corrected chi connectivity index (χ4v) is 2.68. The van der Waals surface area contributed by atoms with Crippen molar-refractivity contribution in [3.8, 4) is 5.75 Å². The van der Waals surface area contributed by atoms with Crippen LogP contribution in [0.2, 0.25) is 0 Å². The number of benzene rings is 2. The first-order chi connectivity index (χ1) is 14.6. The van der Waals surface area contributed by atoms with Gasteiger partial charge in [-0.2, -0.15) is 13.2 Å². The lowest BCUT2D eigenvalue weighted by atomic mass is 10.2. The van der Waals surface area contributed by atoms with Crippen LogP contribution in [-0.2, 0) is 11.0 Å². The van der Waals surface area contributed by atoms with Crippen molar-refractivity contribution in [2.75, 3.05) is 17.2 Å². The summed E-state index contributed by atoms with van der Waals surface area (Å²) in [7, 11) is 0. The third-order valence-electron chi connectivity index (χ3n) is 4.15. The highest BCUT2D eigenvalue weighted by atomic mass is 19.4. The molecule has 3 rings (SSSR count). The zero-order chi connectivity index (χ0) is 22.6. The Labute approximate surface area is 173 Å². The molecule has 0 unspecified atom stereocenters. The van der Waals surface area contributed by atoms with E-state index in [4.69, 9.17) is 9.15 Å². The van der Waals surface area contributed by atoms with Gasteiger partial charge in [0.05, 0.1) is 23.1 Å². The summed E-state index contributed by atoms with van der Waals surface area (Å²) in [5, 5.41) is 4.74. The summed E-state index contributed by atoms with van der Waals surface area (Å²) < 4.78 is 63.0. The average molecular weight is 436 g/mol. The van der Waals surface area contributed by atoms with E-state index in [0.29, 0.717) is 5.76 Å². The maximum Gasteiger partial charge on any atom is 0.419 e. The van der Waals surface area contributed by atoms with E-state index in [1.807, 2.05) is 0 Å². The lowest BCUT2D eigenvalue weighted by molar-refractivity contribution is -0.139. The summed E-state index contributed by atoms with van der Waals surface area (Å²) in [6.07, 6.45) is -3.32. The summed E-state index contributed by atoms with van der Waals surface area (Å²) in [5.74, 6) is -2.28. The Morgan fingerprint density at radius 2 is 1.81 bits per heavy atom. The fourth-order valence-electron chi connectivity index (χ4n) is 2.68. The summed E-state index contributed by atoms with van der Waals surface area (Å²) in [6, 6.07) is 9.33. The quantitative estimate of drug-likeness (QED) is 0.532. The molecule has 162 valence electrons. The Kier molecular flexibility index (Phi) is 6.28. The van der Waals surface area contributed by atoms with Crippen molar-refractivity contribution >= 4 is 23.2 Å². The molecule has 31 heavy (non-hydrogen) atoms. The summed E-state index contributed by atoms with van der Waals surface area (Å²) in [6.45, 7) is 0.860. The predicted octanol–water partition coefficient (Wildman–Crippen LogP) is 5.02. The van der Waals surface area contributed by atoms with Crippen LogP contribution in [0.15, 0.2) is 59.2 Å². The van der Waals surface area contributed by atoms with E-state index in [0.717, 1.165) is 18.2 Å². The molecule has 0 aliphatic heterocycles. The molecule has 0 aliphatic rings. The largest absolute Gasteiger partial charge is 0.483 e.